The average Bonchev–Trinajstić information content (AvgIpc) is 2.46. The Morgan fingerprint density at radius 1 is 1.46 bits per heavy atom. The summed E-state index contributed by atoms with van der Waals surface area (Å²) in [5, 5.41) is 0. The molecule has 0 heterocycles. The monoisotopic (exact) mass is 176 g/mol. The number of anilines is 1. The number of hydrogen-bond acceptors (Lipinski definition) is 2. The van der Waals surface area contributed by atoms with Gasteiger partial charge in [-0.05, 0) is 36.1 Å². The third-order valence-electron chi connectivity index (χ3n) is 2.59. The molecule has 4 N–H and O–H groups in total. The van der Waals surface area contributed by atoms with Crippen LogP contribution in [0.1, 0.15) is 23.5 Å². The third-order valence-corrected chi connectivity index (χ3v) is 2.59. The van der Waals surface area contributed by atoms with Crippen LogP contribution in [-0.4, -0.2) is 5.91 Å². The summed E-state index contributed by atoms with van der Waals surface area (Å²) in [4.78, 5) is 11.0. The lowest BCUT2D eigenvalue weighted by molar-refractivity contribution is -0.119. The summed E-state index contributed by atoms with van der Waals surface area (Å²) >= 11 is 0. The summed E-state index contributed by atoms with van der Waals surface area (Å²) in [5.74, 6) is -0.334. The molecule has 1 atom stereocenters. The zero-order valence-corrected chi connectivity index (χ0v) is 7.29. The zero-order valence-electron chi connectivity index (χ0n) is 7.29. The van der Waals surface area contributed by atoms with E-state index >= 15 is 0 Å². The minimum Gasteiger partial charge on any atom is -0.399 e. The highest BCUT2D eigenvalue weighted by Gasteiger charge is 2.26. The van der Waals surface area contributed by atoms with E-state index in [9.17, 15) is 4.79 Å². The Hall–Kier alpha value is -1.51. The number of nitrogen functional groups attached to an aromatic ring is 1. The Morgan fingerprint density at radius 3 is 2.92 bits per heavy atom. The van der Waals surface area contributed by atoms with Crippen LogP contribution in [0.2, 0.25) is 0 Å². The van der Waals surface area contributed by atoms with E-state index in [0.717, 1.165) is 24.1 Å². The van der Waals surface area contributed by atoms with E-state index in [1.807, 2.05) is 18.2 Å². The van der Waals surface area contributed by atoms with Gasteiger partial charge < -0.3 is 11.5 Å². The van der Waals surface area contributed by atoms with Gasteiger partial charge in [-0.1, -0.05) is 6.07 Å². The van der Waals surface area contributed by atoms with E-state index < -0.39 is 0 Å². The molecule has 0 saturated heterocycles. The summed E-state index contributed by atoms with van der Waals surface area (Å²) in [6.07, 6.45) is 1.74. The summed E-state index contributed by atoms with van der Waals surface area (Å²) in [6, 6.07) is 5.66. The van der Waals surface area contributed by atoms with E-state index in [1.54, 1.807) is 0 Å². The van der Waals surface area contributed by atoms with Crippen LogP contribution in [0.15, 0.2) is 18.2 Å². The molecule has 1 aromatic carbocycles. The Morgan fingerprint density at radius 2 is 2.23 bits per heavy atom. The topological polar surface area (TPSA) is 69.1 Å². The molecule has 1 aromatic rings. The number of aryl methyl sites for hydroxylation is 1. The van der Waals surface area contributed by atoms with Crippen molar-refractivity contribution in [2.24, 2.45) is 5.73 Å². The molecular weight excluding hydrogens is 164 g/mol. The van der Waals surface area contributed by atoms with Gasteiger partial charge in [0.15, 0.2) is 0 Å². The molecule has 1 amide bonds. The molecule has 0 aliphatic heterocycles. The van der Waals surface area contributed by atoms with E-state index in [-0.39, 0.29) is 11.8 Å². The lowest BCUT2D eigenvalue weighted by Crippen LogP contribution is -2.19. The summed E-state index contributed by atoms with van der Waals surface area (Å²) in [5.41, 5.74) is 13.9. The van der Waals surface area contributed by atoms with Gasteiger partial charge in [0.25, 0.3) is 0 Å². The first kappa shape index (κ1) is 8.10. The average molecular weight is 176 g/mol. The van der Waals surface area contributed by atoms with Crippen molar-refractivity contribution in [1.29, 1.82) is 0 Å². The van der Waals surface area contributed by atoms with Crippen LogP contribution >= 0.6 is 0 Å². The first-order valence-corrected chi connectivity index (χ1v) is 4.36. The van der Waals surface area contributed by atoms with Crippen LogP contribution in [0, 0.1) is 0 Å². The maximum atomic E-state index is 11.0. The Labute approximate surface area is 76.7 Å². The van der Waals surface area contributed by atoms with Crippen LogP contribution in [-0.2, 0) is 11.2 Å². The predicted octanol–water partition coefficient (Wildman–Crippen LogP) is 0.784. The molecule has 0 bridgehead atoms. The molecule has 2 rings (SSSR count). The van der Waals surface area contributed by atoms with Crippen molar-refractivity contribution in [2.75, 3.05) is 5.73 Å². The first-order chi connectivity index (χ1) is 6.18. The van der Waals surface area contributed by atoms with Crippen LogP contribution in [0.4, 0.5) is 5.69 Å². The van der Waals surface area contributed by atoms with E-state index in [0.29, 0.717) is 0 Å². The fourth-order valence-corrected chi connectivity index (χ4v) is 1.93. The van der Waals surface area contributed by atoms with E-state index in [1.165, 1.54) is 5.56 Å². The number of amides is 1. The van der Waals surface area contributed by atoms with Gasteiger partial charge in [0.2, 0.25) is 5.91 Å². The highest BCUT2D eigenvalue weighted by molar-refractivity contribution is 5.83. The van der Waals surface area contributed by atoms with Gasteiger partial charge in [0.1, 0.15) is 0 Å². The smallest absolute Gasteiger partial charge is 0.224 e. The second-order valence-corrected chi connectivity index (χ2v) is 3.45. The highest BCUT2D eigenvalue weighted by atomic mass is 16.1. The van der Waals surface area contributed by atoms with Crippen molar-refractivity contribution in [3.05, 3.63) is 29.3 Å². The lowest BCUT2D eigenvalue weighted by atomic mass is 10.0. The minimum atomic E-state index is -0.233. The second-order valence-electron chi connectivity index (χ2n) is 3.45. The summed E-state index contributed by atoms with van der Waals surface area (Å²) < 4.78 is 0. The minimum absolute atomic E-state index is 0.101. The Balaban J connectivity index is 2.44. The number of carbonyl (C=O) groups excluding carboxylic acids is 1. The lowest BCUT2D eigenvalue weighted by Gasteiger charge is -2.06. The molecule has 1 aliphatic rings. The van der Waals surface area contributed by atoms with Gasteiger partial charge in [0, 0.05) is 5.69 Å². The van der Waals surface area contributed by atoms with Crippen molar-refractivity contribution in [1.82, 2.24) is 0 Å². The van der Waals surface area contributed by atoms with Gasteiger partial charge >= 0.3 is 0 Å². The fraction of sp³-hybridized carbons (Fsp3) is 0.300. The number of benzene rings is 1. The quantitative estimate of drug-likeness (QED) is 0.621. The van der Waals surface area contributed by atoms with Gasteiger partial charge in [0.05, 0.1) is 5.92 Å². The Kier molecular flexibility index (Phi) is 1.72. The maximum Gasteiger partial charge on any atom is 0.224 e. The molecule has 68 valence electrons. The largest absolute Gasteiger partial charge is 0.399 e. The van der Waals surface area contributed by atoms with Crippen molar-refractivity contribution in [3.8, 4) is 0 Å². The molecule has 0 saturated carbocycles. The SMILES string of the molecule is NC(=O)C1CCc2cc(N)ccc21. The van der Waals surface area contributed by atoms with Gasteiger partial charge in [-0.2, -0.15) is 0 Å². The van der Waals surface area contributed by atoms with Crippen LogP contribution in [0.3, 0.4) is 0 Å². The fourth-order valence-electron chi connectivity index (χ4n) is 1.93. The van der Waals surface area contributed by atoms with Crippen molar-refractivity contribution in [3.63, 3.8) is 0 Å². The standard InChI is InChI=1S/C10H12N2O/c11-7-2-4-8-6(5-7)1-3-9(8)10(12)13/h2,4-5,9H,1,3,11H2,(H2,12,13). The van der Waals surface area contributed by atoms with Crippen LogP contribution in [0.5, 0.6) is 0 Å². The van der Waals surface area contributed by atoms with Gasteiger partial charge in [-0.3, -0.25) is 4.79 Å². The molecule has 0 fully saturated rings. The maximum absolute atomic E-state index is 11.0. The number of nitrogens with two attached hydrogens (primary N) is 2. The second kappa shape index (κ2) is 2.76. The molecule has 3 nitrogen and oxygen atoms in total. The number of hydrogen-bond donors (Lipinski definition) is 2. The third kappa shape index (κ3) is 1.26. The molecule has 1 aliphatic carbocycles. The van der Waals surface area contributed by atoms with Crippen molar-refractivity contribution >= 4 is 11.6 Å². The molecule has 0 radical (unpaired) electrons. The van der Waals surface area contributed by atoms with E-state index in [2.05, 4.69) is 0 Å². The number of primary amides is 1. The van der Waals surface area contributed by atoms with Crippen LogP contribution in [0.25, 0.3) is 0 Å². The number of rotatable bonds is 1. The van der Waals surface area contributed by atoms with E-state index in [4.69, 9.17) is 11.5 Å². The molecule has 0 aromatic heterocycles. The normalized spacial score (nSPS) is 19.8. The highest BCUT2D eigenvalue weighted by Crippen LogP contribution is 2.33. The molecule has 3 heteroatoms. The summed E-state index contributed by atoms with van der Waals surface area (Å²) in [7, 11) is 0. The molecule has 1 unspecified atom stereocenters. The van der Waals surface area contributed by atoms with Gasteiger partial charge in [-0.25, -0.2) is 0 Å². The summed E-state index contributed by atoms with van der Waals surface area (Å²) in [6.45, 7) is 0. The van der Waals surface area contributed by atoms with Crippen molar-refractivity contribution in [2.45, 2.75) is 18.8 Å². The molecule has 13 heavy (non-hydrogen) atoms. The van der Waals surface area contributed by atoms with Crippen LogP contribution < -0.4 is 11.5 Å². The zero-order chi connectivity index (χ0) is 9.42. The Bertz CT molecular complexity index is 360. The number of carbonyl (C=O) groups is 1. The predicted molar refractivity (Wildman–Crippen MR) is 51.1 cm³/mol. The van der Waals surface area contributed by atoms with Crippen molar-refractivity contribution < 1.29 is 4.79 Å². The first-order valence-electron chi connectivity index (χ1n) is 4.36. The molecular formula is C10H12N2O. The van der Waals surface area contributed by atoms with Gasteiger partial charge in [-0.15, -0.1) is 0 Å². The number of fused-ring (bicyclic) bond motifs is 1. The molecule has 0 spiro atoms.